The van der Waals surface area contributed by atoms with E-state index in [1.165, 1.54) is 12.7 Å². The fourth-order valence-corrected chi connectivity index (χ4v) is 3.90. The first-order valence-corrected chi connectivity index (χ1v) is 11.0. The zero-order valence-electron chi connectivity index (χ0n) is 20.0. The van der Waals surface area contributed by atoms with E-state index in [0.717, 1.165) is 10.6 Å². The number of imide groups is 1. The number of benzene rings is 3. The molecule has 1 N–H and O–H groups in total. The molecule has 34 heavy (non-hydrogen) atoms. The minimum Gasteiger partial charge on any atom is -0.497 e. The molecule has 3 aromatic carbocycles. The van der Waals surface area contributed by atoms with Gasteiger partial charge in [0.1, 0.15) is 17.2 Å². The SMILES string of the molecule is COc1ccc(C2=C(Nc3ccc(C(C)(C)C)cc3)C(=O)N(c3ccccc3OC)C2=O)cc1. The third-order valence-electron chi connectivity index (χ3n) is 5.81. The lowest BCUT2D eigenvalue weighted by atomic mass is 9.87. The smallest absolute Gasteiger partial charge is 0.282 e. The predicted octanol–water partition coefficient (Wildman–Crippen LogP) is 5.40. The standard InChI is InChI=1S/C28H28N2O4/c1-28(2,3)19-12-14-20(15-13-19)29-25-24(18-10-16-21(33-4)17-11-18)26(31)30(27(25)32)22-8-6-7-9-23(22)34-5/h6-17,29H,1-5H3. The molecule has 0 saturated heterocycles. The molecule has 174 valence electrons. The number of nitrogens with zero attached hydrogens (tertiary/aromatic N) is 1. The van der Waals surface area contributed by atoms with Gasteiger partial charge in [-0.25, -0.2) is 4.90 Å². The van der Waals surface area contributed by atoms with Gasteiger partial charge in [0.25, 0.3) is 11.8 Å². The molecule has 4 rings (SSSR count). The Kier molecular flexibility index (Phi) is 6.16. The van der Waals surface area contributed by atoms with Crippen LogP contribution in [0.3, 0.4) is 0 Å². The van der Waals surface area contributed by atoms with E-state index in [-0.39, 0.29) is 11.1 Å². The highest BCUT2D eigenvalue weighted by Crippen LogP contribution is 2.38. The molecule has 0 unspecified atom stereocenters. The highest BCUT2D eigenvalue weighted by atomic mass is 16.5. The van der Waals surface area contributed by atoms with Crippen molar-refractivity contribution in [1.82, 2.24) is 0 Å². The van der Waals surface area contributed by atoms with E-state index in [9.17, 15) is 9.59 Å². The Balaban J connectivity index is 1.79. The Morgan fingerprint density at radius 3 is 2.00 bits per heavy atom. The molecule has 3 aromatic rings. The van der Waals surface area contributed by atoms with Crippen molar-refractivity contribution < 1.29 is 19.1 Å². The molecule has 0 aromatic heterocycles. The lowest BCUT2D eigenvalue weighted by molar-refractivity contribution is -0.120. The van der Waals surface area contributed by atoms with Gasteiger partial charge in [-0.3, -0.25) is 9.59 Å². The first-order valence-electron chi connectivity index (χ1n) is 11.0. The zero-order chi connectivity index (χ0) is 24.5. The number of rotatable bonds is 6. The van der Waals surface area contributed by atoms with Crippen molar-refractivity contribution in [1.29, 1.82) is 0 Å². The summed E-state index contributed by atoms with van der Waals surface area (Å²) in [6, 6.07) is 21.9. The highest BCUT2D eigenvalue weighted by molar-refractivity contribution is 6.46. The van der Waals surface area contributed by atoms with Crippen LogP contribution >= 0.6 is 0 Å². The summed E-state index contributed by atoms with van der Waals surface area (Å²) in [6.45, 7) is 6.43. The van der Waals surface area contributed by atoms with Crippen LogP contribution in [0, 0.1) is 0 Å². The van der Waals surface area contributed by atoms with E-state index in [1.54, 1.807) is 55.6 Å². The average molecular weight is 457 g/mol. The first-order chi connectivity index (χ1) is 16.2. The molecule has 2 amide bonds. The number of amides is 2. The second kappa shape index (κ2) is 9.06. The molecular formula is C28H28N2O4. The first kappa shape index (κ1) is 23.1. The van der Waals surface area contributed by atoms with Crippen LogP contribution in [0.5, 0.6) is 11.5 Å². The molecule has 1 aliphatic heterocycles. The Hall–Kier alpha value is -4.06. The molecule has 0 fully saturated rings. The average Bonchev–Trinajstić information content (AvgIpc) is 3.07. The third-order valence-corrected chi connectivity index (χ3v) is 5.81. The van der Waals surface area contributed by atoms with Crippen LogP contribution in [0.25, 0.3) is 5.57 Å². The Bertz CT molecular complexity index is 1250. The molecule has 0 saturated carbocycles. The third kappa shape index (κ3) is 4.27. The molecule has 0 spiro atoms. The molecule has 0 atom stereocenters. The van der Waals surface area contributed by atoms with Crippen LogP contribution in [0.4, 0.5) is 11.4 Å². The van der Waals surface area contributed by atoms with Gasteiger partial charge in [-0.15, -0.1) is 0 Å². The van der Waals surface area contributed by atoms with E-state index < -0.39 is 11.8 Å². The van der Waals surface area contributed by atoms with Crippen LogP contribution in [-0.2, 0) is 15.0 Å². The van der Waals surface area contributed by atoms with Crippen molar-refractivity contribution in [3.63, 3.8) is 0 Å². The lowest BCUT2D eigenvalue weighted by Crippen LogP contribution is -2.32. The van der Waals surface area contributed by atoms with Crippen molar-refractivity contribution in [2.45, 2.75) is 26.2 Å². The van der Waals surface area contributed by atoms with Crippen LogP contribution in [0.1, 0.15) is 31.9 Å². The summed E-state index contributed by atoms with van der Waals surface area (Å²) >= 11 is 0. The quantitative estimate of drug-likeness (QED) is 0.503. The van der Waals surface area contributed by atoms with E-state index in [1.807, 2.05) is 24.3 Å². The topological polar surface area (TPSA) is 67.9 Å². The normalized spacial score (nSPS) is 14.0. The summed E-state index contributed by atoms with van der Waals surface area (Å²) in [5.41, 5.74) is 3.41. The van der Waals surface area contributed by atoms with E-state index in [0.29, 0.717) is 28.3 Å². The van der Waals surface area contributed by atoms with Crippen molar-refractivity contribution >= 4 is 28.8 Å². The van der Waals surface area contributed by atoms with E-state index >= 15 is 0 Å². The van der Waals surface area contributed by atoms with Gasteiger partial charge in [0.05, 0.1) is 25.5 Å². The summed E-state index contributed by atoms with van der Waals surface area (Å²) < 4.78 is 10.7. The number of ether oxygens (including phenoxy) is 2. The van der Waals surface area contributed by atoms with Crippen molar-refractivity contribution in [2.24, 2.45) is 0 Å². The molecule has 6 heteroatoms. The summed E-state index contributed by atoms with van der Waals surface area (Å²) in [4.78, 5) is 28.4. The van der Waals surface area contributed by atoms with Crippen molar-refractivity contribution in [2.75, 3.05) is 24.4 Å². The van der Waals surface area contributed by atoms with Gasteiger partial charge in [0.15, 0.2) is 0 Å². The Labute approximate surface area is 199 Å². The van der Waals surface area contributed by atoms with Gasteiger partial charge in [-0.05, 0) is 52.9 Å². The minimum atomic E-state index is -0.444. The largest absolute Gasteiger partial charge is 0.497 e. The highest BCUT2D eigenvalue weighted by Gasteiger charge is 2.41. The zero-order valence-corrected chi connectivity index (χ0v) is 20.0. The van der Waals surface area contributed by atoms with Crippen molar-refractivity contribution in [3.05, 3.63) is 89.6 Å². The molecule has 0 bridgehead atoms. The maximum atomic E-state index is 13.6. The van der Waals surface area contributed by atoms with E-state index in [2.05, 4.69) is 26.1 Å². The summed E-state index contributed by atoms with van der Waals surface area (Å²) in [5, 5.41) is 3.21. The van der Waals surface area contributed by atoms with Gasteiger partial charge in [0.2, 0.25) is 0 Å². The van der Waals surface area contributed by atoms with Crippen LogP contribution in [0.2, 0.25) is 0 Å². The number of methoxy groups -OCH3 is 2. The van der Waals surface area contributed by atoms with Crippen molar-refractivity contribution in [3.8, 4) is 11.5 Å². The summed E-state index contributed by atoms with van der Waals surface area (Å²) in [6.07, 6.45) is 0. The second-order valence-corrected chi connectivity index (χ2v) is 9.05. The van der Waals surface area contributed by atoms with Gasteiger partial charge in [-0.2, -0.15) is 0 Å². The van der Waals surface area contributed by atoms with Gasteiger partial charge >= 0.3 is 0 Å². The number of anilines is 2. The van der Waals surface area contributed by atoms with Gasteiger partial charge in [-0.1, -0.05) is 57.2 Å². The van der Waals surface area contributed by atoms with Crippen LogP contribution in [0.15, 0.2) is 78.5 Å². The molecule has 6 nitrogen and oxygen atoms in total. The molecule has 0 aliphatic carbocycles. The number of carbonyl (C=O) groups is 2. The fraction of sp³-hybridized carbons (Fsp3) is 0.214. The maximum Gasteiger partial charge on any atom is 0.282 e. The number of hydrogen-bond donors (Lipinski definition) is 1. The molecule has 1 aliphatic rings. The molecule has 0 radical (unpaired) electrons. The Morgan fingerprint density at radius 2 is 1.41 bits per heavy atom. The lowest BCUT2D eigenvalue weighted by Gasteiger charge is -2.20. The minimum absolute atomic E-state index is 0.00581. The second-order valence-electron chi connectivity index (χ2n) is 9.05. The molecule has 1 heterocycles. The number of para-hydroxylation sites is 2. The monoisotopic (exact) mass is 456 g/mol. The maximum absolute atomic E-state index is 13.6. The van der Waals surface area contributed by atoms with Gasteiger partial charge in [0, 0.05) is 5.69 Å². The number of carbonyl (C=O) groups excluding carboxylic acids is 2. The number of hydrogen-bond acceptors (Lipinski definition) is 5. The predicted molar refractivity (Wildman–Crippen MR) is 134 cm³/mol. The van der Waals surface area contributed by atoms with E-state index in [4.69, 9.17) is 9.47 Å². The summed E-state index contributed by atoms with van der Waals surface area (Å²) in [5.74, 6) is 0.234. The summed E-state index contributed by atoms with van der Waals surface area (Å²) in [7, 11) is 3.09. The van der Waals surface area contributed by atoms with Gasteiger partial charge < -0.3 is 14.8 Å². The van der Waals surface area contributed by atoms with Crippen LogP contribution < -0.4 is 19.7 Å². The number of nitrogens with one attached hydrogen (secondary N) is 1. The Morgan fingerprint density at radius 1 is 0.765 bits per heavy atom. The fourth-order valence-electron chi connectivity index (χ4n) is 3.90. The molecular weight excluding hydrogens is 428 g/mol. The van der Waals surface area contributed by atoms with Crippen LogP contribution in [-0.4, -0.2) is 26.0 Å².